The normalized spacial score (nSPS) is 20.2. The quantitative estimate of drug-likeness (QED) is 0.615. The zero-order valence-corrected chi connectivity index (χ0v) is 18.2. The third-order valence-electron chi connectivity index (χ3n) is 5.40. The average molecular weight is 404 g/mol. The van der Waals surface area contributed by atoms with Crippen LogP contribution >= 0.6 is 0 Å². The van der Waals surface area contributed by atoms with Gasteiger partial charge >= 0.3 is 5.97 Å². The molecular formula is C22H33N3O4. The Balaban J connectivity index is 1.96. The van der Waals surface area contributed by atoms with Crippen molar-refractivity contribution in [2.45, 2.75) is 46.1 Å². The maximum absolute atomic E-state index is 13.2. The Kier molecular flexibility index (Phi) is 6.36. The highest BCUT2D eigenvalue weighted by Crippen LogP contribution is 2.39. The van der Waals surface area contributed by atoms with Crippen molar-refractivity contribution in [2.24, 2.45) is 5.92 Å². The number of esters is 1. The predicted molar refractivity (Wildman–Crippen MR) is 114 cm³/mol. The number of rotatable bonds is 4. The number of anilines is 2. The molecule has 0 aliphatic carbocycles. The highest BCUT2D eigenvalue weighted by molar-refractivity contribution is 6.07. The molecule has 160 valence electrons. The number of methoxy groups -OCH3 is 1. The van der Waals surface area contributed by atoms with Crippen LogP contribution in [0, 0.1) is 5.92 Å². The van der Waals surface area contributed by atoms with Crippen molar-refractivity contribution < 1.29 is 19.1 Å². The van der Waals surface area contributed by atoms with E-state index in [1.807, 2.05) is 33.8 Å². The van der Waals surface area contributed by atoms with Crippen LogP contribution in [0.5, 0.6) is 5.75 Å². The average Bonchev–Trinajstić information content (AvgIpc) is 2.81. The van der Waals surface area contributed by atoms with Crippen LogP contribution < -0.4 is 19.9 Å². The number of nitrogens with one attached hydrogen (secondary N) is 1. The van der Waals surface area contributed by atoms with Gasteiger partial charge in [0.2, 0.25) is 5.91 Å². The Labute approximate surface area is 173 Å². The van der Waals surface area contributed by atoms with Crippen LogP contribution in [-0.4, -0.2) is 57.3 Å². The number of fused-ring (bicyclic) bond motifs is 1. The molecule has 0 spiro atoms. The zero-order valence-electron chi connectivity index (χ0n) is 18.2. The van der Waals surface area contributed by atoms with E-state index in [4.69, 9.17) is 9.47 Å². The van der Waals surface area contributed by atoms with Gasteiger partial charge in [0.1, 0.15) is 17.3 Å². The summed E-state index contributed by atoms with van der Waals surface area (Å²) in [5.74, 6) is -0.664. The number of aryl methyl sites for hydroxylation is 1. The van der Waals surface area contributed by atoms with E-state index < -0.39 is 17.5 Å². The maximum Gasteiger partial charge on any atom is 0.319 e. The topological polar surface area (TPSA) is 71.1 Å². The monoisotopic (exact) mass is 403 g/mol. The van der Waals surface area contributed by atoms with Crippen molar-refractivity contribution in [1.29, 1.82) is 0 Å². The van der Waals surface area contributed by atoms with Gasteiger partial charge in [-0.2, -0.15) is 0 Å². The van der Waals surface area contributed by atoms with Gasteiger partial charge in [0.25, 0.3) is 0 Å². The number of amides is 1. The van der Waals surface area contributed by atoms with E-state index in [1.54, 1.807) is 12.0 Å². The first-order valence-electron chi connectivity index (χ1n) is 10.5. The Morgan fingerprint density at radius 1 is 1.21 bits per heavy atom. The summed E-state index contributed by atoms with van der Waals surface area (Å²) in [5, 5.41) is 3.37. The fourth-order valence-electron chi connectivity index (χ4n) is 4.02. The number of carbonyl (C=O) groups is 2. The Morgan fingerprint density at radius 3 is 2.48 bits per heavy atom. The van der Waals surface area contributed by atoms with Crippen molar-refractivity contribution in [3.05, 3.63) is 17.7 Å². The lowest BCUT2D eigenvalue weighted by atomic mass is 9.99. The summed E-state index contributed by atoms with van der Waals surface area (Å²) >= 11 is 0. The van der Waals surface area contributed by atoms with Gasteiger partial charge in [-0.05, 0) is 52.2 Å². The second kappa shape index (κ2) is 8.61. The third-order valence-corrected chi connectivity index (χ3v) is 5.40. The summed E-state index contributed by atoms with van der Waals surface area (Å²) in [6, 6.07) is 4.08. The van der Waals surface area contributed by atoms with Crippen molar-refractivity contribution in [1.82, 2.24) is 5.32 Å². The second-order valence-electron chi connectivity index (χ2n) is 8.60. The van der Waals surface area contributed by atoms with Crippen molar-refractivity contribution in [3.8, 4) is 5.75 Å². The standard InChI is InChI=1S/C22H33N3O4/c1-6-25-17-14-19(28-5)18(24-11-9-23-10-12-24)13-15(17)7-8-16(20(25)26)21(27)29-22(2,3)4/h13-14,16,23H,6-12H2,1-5H3/t16-/m1/s1. The van der Waals surface area contributed by atoms with Crippen LogP contribution in [0.25, 0.3) is 0 Å². The van der Waals surface area contributed by atoms with Gasteiger partial charge in [-0.15, -0.1) is 0 Å². The smallest absolute Gasteiger partial charge is 0.319 e. The van der Waals surface area contributed by atoms with E-state index in [1.165, 1.54) is 0 Å². The molecule has 2 heterocycles. The summed E-state index contributed by atoms with van der Waals surface area (Å²) in [6.45, 7) is 11.6. The molecule has 1 aromatic carbocycles. The van der Waals surface area contributed by atoms with Crippen LogP contribution in [0.4, 0.5) is 11.4 Å². The first-order valence-corrected chi connectivity index (χ1v) is 10.5. The molecule has 0 saturated carbocycles. The lowest BCUT2D eigenvalue weighted by molar-refractivity contribution is -0.162. The van der Waals surface area contributed by atoms with Crippen LogP contribution in [-0.2, 0) is 20.7 Å². The molecule has 2 aliphatic heterocycles. The van der Waals surface area contributed by atoms with E-state index in [9.17, 15) is 9.59 Å². The number of ether oxygens (including phenoxy) is 2. The molecule has 0 radical (unpaired) electrons. The van der Waals surface area contributed by atoms with Crippen LogP contribution in [0.2, 0.25) is 0 Å². The molecule has 7 heteroatoms. The fraction of sp³-hybridized carbons (Fsp3) is 0.636. The minimum Gasteiger partial charge on any atom is -0.495 e. The number of hydrogen-bond donors (Lipinski definition) is 1. The van der Waals surface area contributed by atoms with Gasteiger partial charge in [0.15, 0.2) is 0 Å². The number of nitrogens with zero attached hydrogens (tertiary/aromatic N) is 2. The van der Waals surface area contributed by atoms with E-state index >= 15 is 0 Å². The Bertz CT molecular complexity index is 766. The van der Waals surface area contributed by atoms with Gasteiger partial charge in [0, 0.05) is 38.8 Å². The molecular weight excluding hydrogens is 370 g/mol. The fourth-order valence-corrected chi connectivity index (χ4v) is 4.02. The molecule has 7 nitrogen and oxygen atoms in total. The minimum absolute atomic E-state index is 0.197. The van der Waals surface area contributed by atoms with Crippen LogP contribution in [0.15, 0.2) is 12.1 Å². The molecule has 1 fully saturated rings. The molecule has 2 aliphatic rings. The van der Waals surface area contributed by atoms with Crippen molar-refractivity contribution in [2.75, 3.05) is 49.6 Å². The number of benzene rings is 1. The molecule has 1 N–H and O–H groups in total. The van der Waals surface area contributed by atoms with Gasteiger partial charge in [0.05, 0.1) is 18.5 Å². The molecule has 1 saturated heterocycles. The van der Waals surface area contributed by atoms with Crippen LogP contribution in [0.1, 0.15) is 39.7 Å². The number of piperazine rings is 1. The minimum atomic E-state index is -0.782. The highest BCUT2D eigenvalue weighted by Gasteiger charge is 2.37. The largest absolute Gasteiger partial charge is 0.495 e. The molecule has 0 bridgehead atoms. The molecule has 1 amide bonds. The summed E-state index contributed by atoms with van der Waals surface area (Å²) in [6.07, 6.45) is 1.09. The van der Waals surface area contributed by atoms with Crippen molar-refractivity contribution >= 4 is 23.3 Å². The third kappa shape index (κ3) is 4.66. The molecule has 29 heavy (non-hydrogen) atoms. The van der Waals surface area contributed by atoms with E-state index in [0.717, 1.165) is 48.9 Å². The molecule has 1 atom stereocenters. The highest BCUT2D eigenvalue weighted by atomic mass is 16.6. The Hall–Kier alpha value is -2.28. The van der Waals surface area contributed by atoms with E-state index in [-0.39, 0.29) is 5.91 Å². The SMILES string of the molecule is CCN1C(=O)[C@H](C(=O)OC(C)(C)C)CCc2cc(N3CCNCC3)c(OC)cc21. The summed E-state index contributed by atoms with van der Waals surface area (Å²) < 4.78 is 11.2. The maximum atomic E-state index is 13.2. The number of carbonyl (C=O) groups excluding carboxylic acids is 2. The zero-order chi connectivity index (χ0) is 21.2. The summed E-state index contributed by atoms with van der Waals surface area (Å²) in [5.41, 5.74) is 2.33. The van der Waals surface area contributed by atoms with E-state index in [2.05, 4.69) is 16.3 Å². The van der Waals surface area contributed by atoms with Gasteiger partial charge < -0.3 is 24.6 Å². The summed E-state index contributed by atoms with van der Waals surface area (Å²) in [7, 11) is 1.66. The number of hydrogen-bond acceptors (Lipinski definition) is 6. The van der Waals surface area contributed by atoms with Gasteiger partial charge in [-0.25, -0.2) is 0 Å². The van der Waals surface area contributed by atoms with Gasteiger partial charge in [-0.1, -0.05) is 0 Å². The first-order chi connectivity index (χ1) is 13.7. The van der Waals surface area contributed by atoms with Crippen LogP contribution in [0.3, 0.4) is 0 Å². The second-order valence-corrected chi connectivity index (χ2v) is 8.60. The van der Waals surface area contributed by atoms with Crippen molar-refractivity contribution in [3.63, 3.8) is 0 Å². The molecule has 3 rings (SSSR count). The van der Waals surface area contributed by atoms with Gasteiger partial charge in [-0.3, -0.25) is 9.59 Å². The molecule has 1 aromatic rings. The lowest BCUT2D eigenvalue weighted by Crippen LogP contribution is -2.43. The molecule has 0 aromatic heterocycles. The summed E-state index contributed by atoms with van der Waals surface area (Å²) in [4.78, 5) is 29.9. The Morgan fingerprint density at radius 2 is 1.90 bits per heavy atom. The molecule has 0 unspecified atom stereocenters. The predicted octanol–water partition coefficient (Wildman–Crippen LogP) is 2.36. The lowest BCUT2D eigenvalue weighted by Gasteiger charge is -2.32. The van der Waals surface area contributed by atoms with E-state index in [0.29, 0.717) is 19.4 Å². The first kappa shape index (κ1) is 21.4.